The van der Waals surface area contributed by atoms with Crippen LogP contribution in [0.25, 0.3) is 0 Å². The van der Waals surface area contributed by atoms with Gasteiger partial charge in [-0.3, -0.25) is 0 Å². The van der Waals surface area contributed by atoms with E-state index < -0.39 is 10.0 Å². The number of sulfonamides is 1. The molecular formula is C15H17NO3S2. The van der Waals surface area contributed by atoms with Crippen molar-refractivity contribution < 1.29 is 13.5 Å². The highest BCUT2D eigenvalue weighted by molar-refractivity contribution is 7.89. The summed E-state index contributed by atoms with van der Waals surface area (Å²) in [5.41, 5.74) is 1.46. The van der Waals surface area contributed by atoms with Crippen molar-refractivity contribution >= 4 is 21.4 Å². The summed E-state index contributed by atoms with van der Waals surface area (Å²) in [6.45, 7) is 0.128. The normalized spacial score (nSPS) is 15.5. The second kappa shape index (κ2) is 5.88. The van der Waals surface area contributed by atoms with E-state index in [2.05, 4.69) is 0 Å². The Morgan fingerprint density at radius 2 is 2.00 bits per heavy atom. The lowest BCUT2D eigenvalue weighted by Crippen LogP contribution is -2.33. The Hall–Kier alpha value is -1.21. The number of hydrogen-bond acceptors (Lipinski definition) is 4. The van der Waals surface area contributed by atoms with Crippen molar-refractivity contribution in [2.24, 2.45) is 0 Å². The minimum atomic E-state index is -3.58. The van der Waals surface area contributed by atoms with E-state index in [-0.39, 0.29) is 17.5 Å². The Kier molecular flexibility index (Phi) is 4.12. The minimum absolute atomic E-state index is 0.0849. The number of aliphatic hydroxyl groups is 1. The minimum Gasteiger partial charge on any atom is -0.392 e. The van der Waals surface area contributed by atoms with Crippen molar-refractivity contribution in [3.8, 4) is 0 Å². The topological polar surface area (TPSA) is 57.6 Å². The van der Waals surface area contributed by atoms with E-state index in [1.807, 2.05) is 16.8 Å². The lowest BCUT2D eigenvalue weighted by molar-refractivity contribution is 0.278. The van der Waals surface area contributed by atoms with Gasteiger partial charge in [-0.1, -0.05) is 18.2 Å². The highest BCUT2D eigenvalue weighted by atomic mass is 32.2. The Morgan fingerprint density at radius 1 is 1.24 bits per heavy atom. The van der Waals surface area contributed by atoms with Crippen molar-refractivity contribution in [2.45, 2.75) is 36.9 Å². The molecule has 1 aromatic carbocycles. The quantitative estimate of drug-likeness (QED) is 0.889. The predicted octanol–water partition coefficient (Wildman–Crippen LogP) is 2.59. The summed E-state index contributed by atoms with van der Waals surface area (Å²) in [6.07, 6.45) is 1.81. The molecule has 0 aliphatic heterocycles. The van der Waals surface area contributed by atoms with Crippen LogP contribution in [-0.2, 0) is 23.2 Å². The summed E-state index contributed by atoms with van der Waals surface area (Å²) >= 11 is 1.57. The van der Waals surface area contributed by atoms with Crippen molar-refractivity contribution in [1.82, 2.24) is 4.31 Å². The first-order valence-corrected chi connectivity index (χ1v) is 9.23. The standard InChI is InChI=1S/C15H17NO3S2/c17-10-13-3-1-2-4-15(13)21(18,19)16(14-5-6-14)9-12-7-8-20-11-12/h1-4,7-8,11,14,17H,5-6,9-10H2. The maximum Gasteiger partial charge on any atom is 0.243 e. The van der Waals surface area contributed by atoms with E-state index in [9.17, 15) is 13.5 Å². The van der Waals surface area contributed by atoms with Crippen LogP contribution in [0, 0.1) is 0 Å². The first-order chi connectivity index (χ1) is 10.1. The third kappa shape index (κ3) is 3.03. The fourth-order valence-electron chi connectivity index (χ4n) is 2.35. The van der Waals surface area contributed by atoms with Crippen molar-refractivity contribution in [2.75, 3.05) is 0 Å². The van der Waals surface area contributed by atoms with Gasteiger partial charge in [-0.15, -0.1) is 0 Å². The predicted molar refractivity (Wildman–Crippen MR) is 82.4 cm³/mol. The number of nitrogens with zero attached hydrogens (tertiary/aromatic N) is 1. The Morgan fingerprint density at radius 3 is 2.62 bits per heavy atom. The van der Waals surface area contributed by atoms with Crippen molar-refractivity contribution in [3.05, 3.63) is 52.2 Å². The molecule has 3 rings (SSSR count). The molecule has 0 unspecified atom stereocenters. The number of rotatable bonds is 6. The molecule has 4 nitrogen and oxygen atoms in total. The SMILES string of the molecule is O=S(=O)(c1ccccc1CO)N(Cc1ccsc1)C1CC1. The molecule has 0 spiro atoms. The van der Waals surface area contributed by atoms with Gasteiger partial charge in [0.05, 0.1) is 11.5 Å². The van der Waals surface area contributed by atoms with Crippen LogP contribution in [0.3, 0.4) is 0 Å². The zero-order chi connectivity index (χ0) is 14.9. The van der Waals surface area contributed by atoms with Crippen molar-refractivity contribution in [3.63, 3.8) is 0 Å². The fraction of sp³-hybridized carbons (Fsp3) is 0.333. The van der Waals surface area contributed by atoms with Crippen LogP contribution in [0.2, 0.25) is 0 Å². The molecule has 0 bridgehead atoms. The number of benzene rings is 1. The molecule has 1 aliphatic rings. The number of hydrogen-bond donors (Lipinski definition) is 1. The van der Waals surface area contributed by atoms with E-state index in [0.29, 0.717) is 12.1 Å². The molecule has 1 saturated carbocycles. The maximum absolute atomic E-state index is 12.9. The highest BCUT2D eigenvalue weighted by Crippen LogP contribution is 2.34. The van der Waals surface area contributed by atoms with Crippen LogP contribution in [-0.4, -0.2) is 23.9 Å². The third-order valence-electron chi connectivity index (χ3n) is 3.60. The van der Waals surface area contributed by atoms with Gasteiger partial charge < -0.3 is 5.11 Å². The van der Waals surface area contributed by atoms with Crippen LogP contribution >= 0.6 is 11.3 Å². The summed E-state index contributed by atoms with van der Waals surface area (Å²) in [7, 11) is -3.58. The van der Waals surface area contributed by atoms with Crippen LogP contribution in [0.1, 0.15) is 24.0 Å². The second-order valence-electron chi connectivity index (χ2n) is 5.18. The van der Waals surface area contributed by atoms with E-state index >= 15 is 0 Å². The summed E-state index contributed by atoms with van der Waals surface area (Å²) < 4.78 is 27.4. The molecule has 21 heavy (non-hydrogen) atoms. The molecule has 0 saturated heterocycles. The molecule has 112 valence electrons. The molecule has 2 aromatic rings. The van der Waals surface area contributed by atoms with Gasteiger partial charge in [-0.05, 0) is 46.9 Å². The lowest BCUT2D eigenvalue weighted by atomic mass is 10.2. The monoisotopic (exact) mass is 323 g/mol. The van der Waals surface area contributed by atoms with Gasteiger partial charge in [-0.25, -0.2) is 8.42 Å². The van der Waals surface area contributed by atoms with Gasteiger partial charge in [0, 0.05) is 12.6 Å². The summed E-state index contributed by atoms with van der Waals surface area (Å²) in [4.78, 5) is 0.217. The molecule has 6 heteroatoms. The van der Waals surface area contributed by atoms with Gasteiger partial charge in [-0.2, -0.15) is 15.6 Å². The van der Waals surface area contributed by atoms with E-state index in [1.165, 1.54) is 0 Å². The summed E-state index contributed by atoms with van der Waals surface area (Å²) in [5.74, 6) is 0. The van der Waals surface area contributed by atoms with E-state index in [1.54, 1.807) is 39.9 Å². The number of thiophene rings is 1. The van der Waals surface area contributed by atoms with Crippen molar-refractivity contribution in [1.29, 1.82) is 0 Å². The molecule has 0 atom stereocenters. The Labute approximate surface area is 128 Å². The molecule has 1 N–H and O–H groups in total. The summed E-state index contributed by atoms with van der Waals surface area (Å²) in [5, 5.41) is 13.3. The molecule has 0 amide bonds. The summed E-state index contributed by atoms with van der Waals surface area (Å²) in [6, 6.07) is 8.70. The molecule has 0 radical (unpaired) electrons. The highest BCUT2D eigenvalue weighted by Gasteiger charge is 2.38. The average molecular weight is 323 g/mol. The smallest absolute Gasteiger partial charge is 0.243 e. The zero-order valence-electron chi connectivity index (χ0n) is 11.5. The molecule has 1 heterocycles. The Balaban J connectivity index is 1.97. The van der Waals surface area contributed by atoms with Crippen LogP contribution in [0.5, 0.6) is 0 Å². The van der Waals surface area contributed by atoms with Crippen LogP contribution in [0.4, 0.5) is 0 Å². The maximum atomic E-state index is 12.9. The average Bonchev–Trinajstić information content (AvgIpc) is 3.20. The van der Waals surface area contributed by atoms with E-state index in [0.717, 1.165) is 18.4 Å². The molecule has 1 fully saturated rings. The fourth-order valence-corrected chi connectivity index (χ4v) is 4.90. The first kappa shape index (κ1) is 14.7. The van der Waals surface area contributed by atoms with Gasteiger partial charge in [0.25, 0.3) is 0 Å². The van der Waals surface area contributed by atoms with E-state index in [4.69, 9.17) is 0 Å². The van der Waals surface area contributed by atoms with Crippen LogP contribution in [0.15, 0.2) is 46.0 Å². The molecule has 1 aromatic heterocycles. The Bertz CT molecular complexity index is 706. The van der Waals surface area contributed by atoms with Crippen LogP contribution < -0.4 is 0 Å². The molecule has 1 aliphatic carbocycles. The lowest BCUT2D eigenvalue weighted by Gasteiger charge is -2.22. The zero-order valence-corrected chi connectivity index (χ0v) is 13.1. The van der Waals surface area contributed by atoms with Gasteiger partial charge >= 0.3 is 0 Å². The van der Waals surface area contributed by atoms with Gasteiger partial charge in [0.2, 0.25) is 10.0 Å². The largest absolute Gasteiger partial charge is 0.392 e. The van der Waals surface area contributed by atoms with Gasteiger partial charge in [0.1, 0.15) is 0 Å². The third-order valence-corrected chi connectivity index (χ3v) is 6.33. The first-order valence-electron chi connectivity index (χ1n) is 6.84. The number of aliphatic hydroxyl groups excluding tert-OH is 1. The molecular weight excluding hydrogens is 306 g/mol. The second-order valence-corrected chi connectivity index (χ2v) is 7.82. The van der Waals surface area contributed by atoms with Gasteiger partial charge in [0.15, 0.2) is 0 Å².